The molecule has 0 bridgehead atoms. The molecule has 20 heavy (non-hydrogen) atoms. The normalized spacial score (nSPS) is 21.5. The number of nitrogens with zero attached hydrogens (tertiary/aromatic N) is 1. The van der Waals surface area contributed by atoms with E-state index in [2.05, 4.69) is 11.8 Å². The average Bonchev–Trinajstić information content (AvgIpc) is 2.76. The summed E-state index contributed by atoms with van der Waals surface area (Å²) >= 11 is 0. The highest BCUT2D eigenvalue weighted by atomic mass is 19.1. The predicted octanol–water partition coefficient (Wildman–Crippen LogP) is -0.687. The Hall–Kier alpha value is -1.94. The van der Waals surface area contributed by atoms with E-state index in [9.17, 15) is 19.4 Å². The van der Waals surface area contributed by atoms with Crippen molar-refractivity contribution in [1.82, 2.24) is 4.90 Å². The van der Waals surface area contributed by atoms with Crippen molar-refractivity contribution in [2.24, 2.45) is 5.73 Å². The average molecular weight is 278 g/mol. The van der Waals surface area contributed by atoms with Crippen LogP contribution in [-0.4, -0.2) is 52.9 Å². The fourth-order valence-corrected chi connectivity index (χ4v) is 2.03. The lowest BCUT2D eigenvalue weighted by Gasteiger charge is -2.15. The highest BCUT2D eigenvalue weighted by Gasteiger charge is 2.33. The molecule has 5 nitrogen and oxygen atoms in total. The lowest BCUT2D eigenvalue weighted by molar-refractivity contribution is 0.0572. The molecule has 1 amide bonds. The molecule has 0 saturated carbocycles. The molecule has 1 aromatic rings. The van der Waals surface area contributed by atoms with Crippen molar-refractivity contribution in [3.8, 4) is 11.8 Å². The number of likely N-dealkylation sites (tertiary alicyclic amines) is 1. The molecule has 0 aromatic heterocycles. The van der Waals surface area contributed by atoms with Crippen LogP contribution in [0.25, 0.3) is 0 Å². The van der Waals surface area contributed by atoms with Crippen molar-refractivity contribution in [3.05, 3.63) is 35.1 Å². The molecular formula is C14H15FN2O3. The second-order valence-electron chi connectivity index (χ2n) is 4.55. The Kier molecular flexibility index (Phi) is 4.35. The molecule has 1 aliphatic rings. The van der Waals surface area contributed by atoms with Gasteiger partial charge in [-0.1, -0.05) is 11.8 Å². The third kappa shape index (κ3) is 2.96. The Bertz CT molecular complexity index is 570. The largest absolute Gasteiger partial charge is 0.388 e. The van der Waals surface area contributed by atoms with Gasteiger partial charge in [0.15, 0.2) is 0 Å². The summed E-state index contributed by atoms with van der Waals surface area (Å²) < 4.78 is 13.9. The van der Waals surface area contributed by atoms with Gasteiger partial charge in [0.1, 0.15) is 5.82 Å². The Morgan fingerprint density at radius 1 is 1.40 bits per heavy atom. The molecule has 1 heterocycles. The van der Waals surface area contributed by atoms with Gasteiger partial charge in [-0.05, 0) is 18.2 Å². The van der Waals surface area contributed by atoms with Gasteiger partial charge in [0, 0.05) is 18.7 Å². The fraction of sp³-hybridized carbons (Fsp3) is 0.357. The van der Waals surface area contributed by atoms with Crippen molar-refractivity contribution < 1.29 is 19.4 Å². The van der Waals surface area contributed by atoms with Crippen molar-refractivity contribution in [2.75, 3.05) is 19.6 Å². The van der Waals surface area contributed by atoms with Gasteiger partial charge >= 0.3 is 0 Å². The zero-order valence-electron chi connectivity index (χ0n) is 10.7. The molecule has 106 valence electrons. The number of halogens is 1. The number of carbonyl (C=O) groups is 1. The first-order chi connectivity index (χ1) is 9.52. The summed E-state index contributed by atoms with van der Waals surface area (Å²) in [5, 5.41) is 18.8. The number of aliphatic hydroxyl groups is 2. The molecular weight excluding hydrogens is 263 g/mol. The number of hydrogen-bond acceptors (Lipinski definition) is 4. The summed E-state index contributed by atoms with van der Waals surface area (Å²) in [5.41, 5.74) is 5.56. The molecule has 6 heteroatoms. The molecule has 1 fully saturated rings. The van der Waals surface area contributed by atoms with E-state index in [4.69, 9.17) is 5.73 Å². The summed E-state index contributed by atoms with van der Waals surface area (Å²) in [6, 6.07) is 4.04. The molecule has 2 atom stereocenters. The third-order valence-electron chi connectivity index (χ3n) is 3.08. The van der Waals surface area contributed by atoms with Crippen molar-refractivity contribution >= 4 is 5.91 Å². The summed E-state index contributed by atoms with van der Waals surface area (Å²) in [5.74, 6) is 4.03. The molecule has 1 aromatic carbocycles. The van der Waals surface area contributed by atoms with Crippen molar-refractivity contribution in [2.45, 2.75) is 12.2 Å². The first-order valence-electron chi connectivity index (χ1n) is 6.17. The van der Waals surface area contributed by atoms with E-state index in [1.54, 1.807) is 0 Å². The van der Waals surface area contributed by atoms with Crippen LogP contribution >= 0.6 is 0 Å². The maximum atomic E-state index is 13.9. The zero-order chi connectivity index (χ0) is 14.7. The monoisotopic (exact) mass is 278 g/mol. The first kappa shape index (κ1) is 14.5. The van der Waals surface area contributed by atoms with E-state index in [1.165, 1.54) is 23.1 Å². The van der Waals surface area contributed by atoms with Gasteiger partial charge in [-0.25, -0.2) is 4.39 Å². The van der Waals surface area contributed by atoms with Crippen molar-refractivity contribution in [3.63, 3.8) is 0 Å². The predicted molar refractivity (Wildman–Crippen MR) is 70.2 cm³/mol. The number of β-amino-alcohol motifs (C(OH)–C–C–N with tert-alkyl or cyclic N) is 2. The van der Waals surface area contributed by atoms with Crippen LogP contribution in [0.4, 0.5) is 4.39 Å². The molecule has 1 saturated heterocycles. The number of carbonyl (C=O) groups excluding carboxylic acids is 1. The first-order valence-corrected chi connectivity index (χ1v) is 6.17. The summed E-state index contributed by atoms with van der Waals surface area (Å²) in [7, 11) is 0. The summed E-state index contributed by atoms with van der Waals surface area (Å²) in [4.78, 5) is 13.3. The standard InChI is InChI=1S/C14H15FN2O3/c15-11-6-9(2-1-5-16)3-4-10(11)14(20)17-7-12(18)13(19)8-17/h3-4,6,12-13,18-19H,5,7-8,16H2. The van der Waals surface area contributed by atoms with Crippen LogP contribution in [0.3, 0.4) is 0 Å². The zero-order valence-corrected chi connectivity index (χ0v) is 10.7. The number of aliphatic hydroxyl groups excluding tert-OH is 2. The number of rotatable bonds is 1. The van der Waals surface area contributed by atoms with Gasteiger partial charge in [0.25, 0.3) is 5.91 Å². The van der Waals surface area contributed by atoms with E-state index < -0.39 is 23.9 Å². The van der Waals surface area contributed by atoms with Crippen LogP contribution in [0, 0.1) is 17.7 Å². The Balaban J connectivity index is 2.19. The molecule has 0 aliphatic carbocycles. The van der Waals surface area contributed by atoms with Crippen LogP contribution in [0.5, 0.6) is 0 Å². The van der Waals surface area contributed by atoms with Crippen molar-refractivity contribution in [1.29, 1.82) is 0 Å². The van der Waals surface area contributed by atoms with Gasteiger partial charge < -0.3 is 20.8 Å². The van der Waals surface area contributed by atoms with E-state index in [1.807, 2.05) is 0 Å². The van der Waals surface area contributed by atoms with E-state index >= 15 is 0 Å². The van der Waals surface area contributed by atoms with Crippen LogP contribution in [0.2, 0.25) is 0 Å². The third-order valence-corrected chi connectivity index (χ3v) is 3.08. The maximum Gasteiger partial charge on any atom is 0.257 e. The van der Waals surface area contributed by atoms with Crippen LogP contribution in [0.15, 0.2) is 18.2 Å². The van der Waals surface area contributed by atoms with Crippen LogP contribution in [-0.2, 0) is 0 Å². The van der Waals surface area contributed by atoms with Crippen LogP contribution in [0.1, 0.15) is 15.9 Å². The van der Waals surface area contributed by atoms with E-state index in [0.717, 1.165) is 0 Å². The number of nitrogens with two attached hydrogens (primary N) is 1. The minimum absolute atomic E-state index is 0.00578. The SMILES string of the molecule is NCC#Cc1ccc(C(=O)N2CC(O)C(O)C2)c(F)c1. The molecule has 0 spiro atoms. The number of amides is 1. The van der Waals surface area contributed by atoms with Crippen LogP contribution < -0.4 is 5.73 Å². The van der Waals surface area contributed by atoms with Gasteiger partial charge in [-0.15, -0.1) is 0 Å². The smallest absolute Gasteiger partial charge is 0.257 e. The summed E-state index contributed by atoms with van der Waals surface area (Å²) in [6.07, 6.45) is -1.98. The molecule has 1 aliphatic heterocycles. The van der Waals surface area contributed by atoms with E-state index in [0.29, 0.717) is 5.56 Å². The Morgan fingerprint density at radius 2 is 2.05 bits per heavy atom. The lowest BCUT2D eigenvalue weighted by Crippen LogP contribution is -2.30. The molecule has 0 radical (unpaired) electrons. The highest BCUT2D eigenvalue weighted by Crippen LogP contribution is 2.17. The topological polar surface area (TPSA) is 86.8 Å². The van der Waals surface area contributed by atoms with Gasteiger partial charge in [-0.2, -0.15) is 0 Å². The minimum Gasteiger partial charge on any atom is -0.388 e. The van der Waals surface area contributed by atoms with Gasteiger partial charge in [0.05, 0.1) is 24.3 Å². The number of benzene rings is 1. The second-order valence-corrected chi connectivity index (χ2v) is 4.55. The molecule has 2 rings (SSSR count). The van der Waals surface area contributed by atoms with Gasteiger partial charge in [-0.3, -0.25) is 4.79 Å². The second kappa shape index (κ2) is 6.01. The number of hydrogen-bond donors (Lipinski definition) is 3. The Labute approximate surface area is 115 Å². The maximum absolute atomic E-state index is 13.9. The lowest BCUT2D eigenvalue weighted by atomic mass is 10.1. The summed E-state index contributed by atoms with van der Waals surface area (Å²) in [6.45, 7) is 0.161. The minimum atomic E-state index is -0.989. The van der Waals surface area contributed by atoms with E-state index in [-0.39, 0.29) is 25.2 Å². The quantitative estimate of drug-likeness (QED) is 0.594. The van der Waals surface area contributed by atoms with Gasteiger partial charge in [0.2, 0.25) is 0 Å². The highest BCUT2D eigenvalue weighted by molar-refractivity contribution is 5.94. The molecule has 2 unspecified atom stereocenters. The molecule has 4 N–H and O–H groups in total. The fourth-order valence-electron chi connectivity index (χ4n) is 2.03. The Morgan fingerprint density at radius 3 is 2.60 bits per heavy atom.